The SMILES string of the molecule is Cc1cc(=O)[nH]c2c3c(cc(O)c12)[C@H](c1ccccc1)[C@H](/C=N/N(C)C)O3. The van der Waals surface area contributed by atoms with Gasteiger partial charge in [-0.3, -0.25) is 4.79 Å². The monoisotopic (exact) mass is 363 g/mol. The number of fused-ring (bicyclic) bond motifs is 3. The van der Waals surface area contributed by atoms with Crippen molar-refractivity contribution >= 4 is 17.1 Å². The van der Waals surface area contributed by atoms with Gasteiger partial charge in [0.15, 0.2) is 0 Å². The fourth-order valence-corrected chi connectivity index (χ4v) is 3.70. The van der Waals surface area contributed by atoms with Crippen molar-refractivity contribution < 1.29 is 9.84 Å². The Kier molecular flexibility index (Phi) is 4.11. The van der Waals surface area contributed by atoms with E-state index in [0.717, 1.165) is 11.1 Å². The van der Waals surface area contributed by atoms with Crippen molar-refractivity contribution in [1.82, 2.24) is 9.99 Å². The first-order chi connectivity index (χ1) is 13.0. The lowest BCUT2D eigenvalue weighted by atomic mass is 9.87. The number of aromatic amines is 1. The number of aryl methyl sites for hydroxylation is 1. The standard InChI is InChI=1S/C21H21N3O3/c1-12-9-17(26)23-20-18(12)15(25)10-14-19(13-7-5-4-6-8-13)16(27-21(14)20)11-22-24(2)3/h4-11,16,19,25H,1-3H3,(H,23,26)/b22-11+/t16-,19-/m0/s1. The molecule has 6 nitrogen and oxygen atoms in total. The molecule has 2 N–H and O–H groups in total. The number of H-pyrrole nitrogens is 1. The van der Waals surface area contributed by atoms with Gasteiger partial charge in [0.1, 0.15) is 17.6 Å². The molecule has 4 rings (SSSR count). The first kappa shape index (κ1) is 17.1. The number of benzene rings is 2. The molecule has 0 saturated heterocycles. The number of pyridine rings is 1. The summed E-state index contributed by atoms with van der Waals surface area (Å²) in [5.74, 6) is 0.587. The van der Waals surface area contributed by atoms with Crippen LogP contribution in [0.1, 0.15) is 22.6 Å². The number of phenols is 1. The van der Waals surface area contributed by atoms with Crippen LogP contribution in [0.3, 0.4) is 0 Å². The number of hydrogen-bond acceptors (Lipinski definition) is 5. The first-order valence-corrected chi connectivity index (χ1v) is 8.78. The average molecular weight is 363 g/mol. The van der Waals surface area contributed by atoms with Gasteiger partial charge >= 0.3 is 0 Å². The predicted molar refractivity (Wildman–Crippen MR) is 106 cm³/mol. The van der Waals surface area contributed by atoms with Gasteiger partial charge in [-0.2, -0.15) is 5.10 Å². The number of aromatic hydroxyl groups is 1. The molecule has 0 saturated carbocycles. The summed E-state index contributed by atoms with van der Waals surface area (Å²) < 4.78 is 6.25. The van der Waals surface area contributed by atoms with Gasteiger partial charge in [0, 0.05) is 31.1 Å². The Hall–Kier alpha value is -3.28. The molecule has 2 heterocycles. The average Bonchev–Trinajstić information content (AvgIpc) is 2.98. The lowest BCUT2D eigenvalue weighted by molar-refractivity contribution is 0.289. The number of nitrogens with one attached hydrogen (secondary N) is 1. The van der Waals surface area contributed by atoms with Gasteiger partial charge in [-0.1, -0.05) is 30.3 Å². The van der Waals surface area contributed by atoms with E-state index in [2.05, 4.69) is 10.1 Å². The first-order valence-electron chi connectivity index (χ1n) is 8.78. The molecule has 27 heavy (non-hydrogen) atoms. The Balaban J connectivity index is 1.97. The predicted octanol–water partition coefficient (Wildman–Crippen LogP) is 2.98. The van der Waals surface area contributed by atoms with E-state index in [1.165, 1.54) is 6.07 Å². The molecule has 1 aliphatic heterocycles. The van der Waals surface area contributed by atoms with E-state index in [4.69, 9.17) is 4.74 Å². The number of rotatable bonds is 3. The minimum atomic E-state index is -0.348. The molecule has 1 aromatic heterocycles. The third-order valence-electron chi connectivity index (χ3n) is 4.80. The second kappa shape index (κ2) is 6.46. The zero-order valence-corrected chi connectivity index (χ0v) is 15.4. The van der Waals surface area contributed by atoms with Crippen LogP contribution in [0.5, 0.6) is 11.5 Å². The smallest absolute Gasteiger partial charge is 0.248 e. The number of ether oxygens (including phenoxy) is 1. The van der Waals surface area contributed by atoms with E-state index in [1.807, 2.05) is 44.4 Å². The maximum absolute atomic E-state index is 12.0. The molecule has 0 radical (unpaired) electrons. The molecule has 2 atom stereocenters. The third kappa shape index (κ3) is 2.93. The van der Waals surface area contributed by atoms with E-state index < -0.39 is 0 Å². The van der Waals surface area contributed by atoms with Gasteiger partial charge in [0.05, 0.1) is 17.6 Å². The quantitative estimate of drug-likeness (QED) is 0.554. The molecular weight excluding hydrogens is 342 g/mol. The van der Waals surface area contributed by atoms with Gasteiger partial charge in [-0.15, -0.1) is 0 Å². The molecular formula is C21H21N3O3. The minimum absolute atomic E-state index is 0.132. The molecule has 0 bridgehead atoms. The lowest BCUT2D eigenvalue weighted by Crippen LogP contribution is -2.22. The van der Waals surface area contributed by atoms with Gasteiger partial charge in [-0.05, 0) is 24.1 Å². The number of phenolic OH excluding ortho intramolecular Hbond substituents is 1. The molecule has 0 fully saturated rings. The van der Waals surface area contributed by atoms with Crippen LogP contribution in [-0.2, 0) is 0 Å². The fraction of sp³-hybridized carbons (Fsp3) is 0.238. The molecule has 2 aromatic carbocycles. The Morgan fingerprint density at radius 3 is 2.67 bits per heavy atom. The van der Waals surface area contributed by atoms with Gasteiger partial charge in [-0.25, -0.2) is 0 Å². The maximum atomic E-state index is 12.0. The van der Waals surface area contributed by atoms with Crippen molar-refractivity contribution in [2.45, 2.75) is 18.9 Å². The molecule has 3 aromatic rings. The third-order valence-corrected chi connectivity index (χ3v) is 4.80. The normalized spacial score (nSPS) is 18.6. The molecule has 0 unspecified atom stereocenters. The van der Waals surface area contributed by atoms with Gasteiger partial charge < -0.3 is 19.8 Å². The summed E-state index contributed by atoms with van der Waals surface area (Å²) >= 11 is 0. The topological polar surface area (TPSA) is 77.9 Å². The van der Waals surface area contributed by atoms with Gasteiger partial charge in [0.25, 0.3) is 0 Å². The molecule has 138 valence electrons. The highest BCUT2D eigenvalue weighted by Gasteiger charge is 2.37. The van der Waals surface area contributed by atoms with E-state index in [0.29, 0.717) is 22.2 Å². The molecule has 0 amide bonds. The summed E-state index contributed by atoms with van der Waals surface area (Å²) in [6.07, 6.45) is 1.41. The largest absolute Gasteiger partial charge is 0.507 e. The Labute approximate surface area is 156 Å². The fourth-order valence-electron chi connectivity index (χ4n) is 3.70. The lowest BCUT2D eigenvalue weighted by Gasteiger charge is -2.16. The van der Waals surface area contributed by atoms with Crippen molar-refractivity contribution in [2.75, 3.05) is 14.1 Å². The van der Waals surface area contributed by atoms with Crippen molar-refractivity contribution in [3.63, 3.8) is 0 Å². The summed E-state index contributed by atoms with van der Waals surface area (Å²) in [5.41, 5.74) is 2.90. The minimum Gasteiger partial charge on any atom is -0.507 e. The summed E-state index contributed by atoms with van der Waals surface area (Å²) in [4.78, 5) is 14.9. The van der Waals surface area contributed by atoms with Crippen molar-refractivity contribution in [3.8, 4) is 11.5 Å². The number of aromatic nitrogens is 1. The zero-order chi connectivity index (χ0) is 19.1. The number of nitrogens with zero attached hydrogens (tertiary/aromatic N) is 2. The van der Waals surface area contributed by atoms with E-state index in [1.54, 1.807) is 24.2 Å². The molecule has 0 spiro atoms. The van der Waals surface area contributed by atoms with Crippen LogP contribution in [0.15, 0.2) is 52.4 Å². The number of hydrogen-bond donors (Lipinski definition) is 2. The summed E-state index contributed by atoms with van der Waals surface area (Å²) in [6, 6.07) is 13.2. The molecule has 0 aliphatic carbocycles. The van der Waals surface area contributed by atoms with Crippen LogP contribution in [-0.4, -0.2) is 41.5 Å². The van der Waals surface area contributed by atoms with Crippen LogP contribution in [0, 0.1) is 6.92 Å². The highest BCUT2D eigenvalue weighted by atomic mass is 16.5. The molecule has 1 aliphatic rings. The van der Waals surface area contributed by atoms with Crippen molar-refractivity contribution in [2.24, 2.45) is 5.10 Å². The van der Waals surface area contributed by atoms with Crippen molar-refractivity contribution in [1.29, 1.82) is 0 Å². The maximum Gasteiger partial charge on any atom is 0.248 e. The van der Waals surface area contributed by atoms with Crippen LogP contribution in [0.2, 0.25) is 0 Å². The van der Waals surface area contributed by atoms with E-state index >= 15 is 0 Å². The summed E-state index contributed by atoms with van der Waals surface area (Å²) in [5, 5.41) is 17.3. The summed E-state index contributed by atoms with van der Waals surface area (Å²) in [7, 11) is 3.69. The van der Waals surface area contributed by atoms with Crippen molar-refractivity contribution in [3.05, 3.63) is 69.5 Å². The highest BCUT2D eigenvalue weighted by molar-refractivity contribution is 5.95. The van der Waals surface area contributed by atoms with Crippen LogP contribution in [0.25, 0.3) is 10.9 Å². The van der Waals surface area contributed by atoms with E-state index in [-0.39, 0.29) is 23.3 Å². The number of hydrazone groups is 1. The Morgan fingerprint density at radius 2 is 1.96 bits per heavy atom. The van der Waals surface area contributed by atoms with Crippen LogP contribution < -0.4 is 10.3 Å². The highest BCUT2D eigenvalue weighted by Crippen LogP contribution is 2.48. The summed E-state index contributed by atoms with van der Waals surface area (Å²) in [6.45, 7) is 1.80. The second-order valence-electron chi connectivity index (χ2n) is 6.96. The second-order valence-corrected chi connectivity index (χ2v) is 6.96. The van der Waals surface area contributed by atoms with Crippen LogP contribution >= 0.6 is 0 Å². The Morgan fingerprint density at radius 1 is 1.22 bits per heavy atom. The van der Waals surface area contributed by atoms with Crippen LogP contribution in [0.4, 0.5) is 0 Å². The zero-order valence-electron chi connectivity index (χ0n) is 15.4. The van der Waals surface area contributed by atoms with Gasteiger partial charge in [0.2, 0.25) is 5.56 Å². The molecule has 6 heteroatoms. The van der Waals surface area contributed by atoms with E-state index in [9.17, 15) is 9.90 Å². The Bertz CT molecular complexity index is 1090.